The average Bonchev–Trinajstić information content (AvgIpc) is 2.57. The van der Waals surface area contributed by atoms with Crippen LogP contribution in [0.15, 0.2) is 37.3 Å². The summed E-state index contributed by atoms with van der Waals surface area (Å²) in [5.41, 5.74) is 0.999. The van der Waals surface area contributed by atoms with E-state index in [-0.39, 0.29) is 0 Å². The zero-order valence-corrected chi connectivity index (χ0v) is 7.35. The van der Waals surface area contributed by atoms with Gasteiger partial charge >= 0.3 is 0 Å². The molecule has 0 spiro atoms. The highest BCUT2D eigenvalue weighted by Crippen LogP contribution is 2.09. The van der Waals surface area contributed by atoms with Crippen molar-refractivity contribution in [3.8, 4) is 0 Å². The Morgan fingerprint density at radius 2 is 2.46 bits per heavy atom. The predicted molar refractivity (Wildman–Crippen MR) is 52.3 cm³/mol. The standard InChI is InChI=1S/C10H11N3/c1-2-3-6-13-8-9-7-11-5-4-10(9)12-13/h2,4-5,7-8H,1,3,6H2. The van der Waals surface area contributed by atoms with Crippen LogP contribution in [0.4, 0.5) is 0 Å². The van der Waals surface area contributed by atoms with Crippen molar-refractivity contribution in [2.45, 2.75) is 13.0 Å². The minimum absolute atomic E-state index is 0.887. The normalized spacial score (nSPS) is 10.5. The summed E-state index contributed by atoms with van der Waals surface area (Å²) in [5.74, 6) is 0. The molecule has 3 heteroatoms. The highest BCUT2D eigenvalue weighted by Gasteiger charge is 1.97. The number of pyridine rings is 1. The van der Waals surface area contributed by atoms with Crippen LogP contribution in [-0.2, 0) is 6.54 Å². The molecule has 0 unspecified atom stereocenters. The predicted octanol–water partition coefficient (Wildman–Crippen LogP) is 2.01. The van der Waals surface area contributed by atoms with Crippen molar-refractivity contribution in [1.29, 1.82) is 0 Å². The number of aryl methyl sites for hydroxylation is 1. The molecule has 0 N–H and O–H groups in total. The van der Waals surface area contributed by atoms with Crippen molar-refractivity contribution in [1.82, 2.24) is 14.8 Å². The molecule has 2 heterocycles. The number of nitrogens with zero attached hydrogens (tertiary/aromatic N) is 3. The highest BCUT2D eigenvalue weighted by molar-refractivity contribution is 5.76. The second kappa shape index (κ2) is 3.39. The van der Waals surface area contributed by atoms with Gasteiger partial charge in [-0.05, 0) is 12.5 Å². The monoisotopic (exact) mass is 173 g/mol. The van der Waals surface area contributed by atoms with Gasteiger partial charge in [-0.25, -0.2) is 0 Å². The number of allylic oxidation sites excluding steroid dienone is 1. The van der Waals surface area contributed by atoms with Gasteiger partial charge in [-0.3, -0.25) is 9.67 Å². The van der Waals surface area contributed by atoms with Gasteiger partial charge in [0.25, 0.3) is 0 Å². The molecule has 13 heavy (non-hydrogen) atoms. The summed E-state index contributed by atoms with van der Waals surface area (Å²) in [4.78, 5) is 4.03. The van der Waals surface area contributed by atoms with Gasteiger partial charge in [-0.1, -0.05) is 6.08 Å². The maximum atomic E-state index is 4.38. The summed E-state index contributed by atoms with van der Waals surface area (Å²) < 4.78 is 1.92. The summed E-state index contributed by atoms with van der Waals surface area (Å²) in [6.07, 6.45) is 8.43. The minimum Gasteiger partial charge on any atom is -0.271 e. The van der Waals surface area contributed by atoms with E-state index in [9.17, 15) is 0 Å². The van der Waals surface area contributed by atoms with Crippen LogP contribution in [0.25, 0.3) is 10.9 Å². The van der Waals surface area contributed by atoms with Crippen molar-refractivity contribution in [3.05, 3.63) is 37.3 Å². The van der Waals surface area contributed by atoms with Gasteiger partial charge in [0.05, 0.1) is 5.52 Å². The van der Waals surface area contributed by atoms with E-state index in [0.29, 0.717) is 0 Å². The Balaban J connectivity index is 2.32. The molecule has 0 aliphatic heterocycles. The molecule has 0 bridgehead atoms. The van der Waals surface area contributed by atoms with Crippen molar-refractivity contribution < 1.29 is 0 Å². The maximum Gasteiger partial charge on any atom is 0.0954 e. The van der Waals surface area contributed by atoms with Crippen LogP contribution in [-0.4, -0.2) is 14.8 Å². The quantitative estimate of drug-likeness (QED) is 0.665. The summed E-state index contributed by atoms with van der Waals surface area (Å²) >= 11 is 0. The summed E-state index contributed by atoms with van der Waals surface area (Å²) in [5, 5.41) is 5.47. The molecule has 2 aromatic rings. The molecular weight excluding hydrogens is 162 g/mol. The van der Waals surface area contributed by atoms with Crippen molar-refractivity contribution in [2.75, 3.05) is 0 Å². The van der Waals surface area contributed by atoms with Gasteiger partial charge in [-0.15, -0.1) is 6.58 Å². The highest BCUT2D eigenvalue weighted by atomic mass is 15.3. The van der Waals surface area contributed by atoms with Crippen LogP contribution in [0.2, 0.25) is 0 Å². The smallest absolute Gasteiger partial charge is 0.0954 e. The Labute approximate surface area is 76.7 Å². The van der Waals surface area contributed by atoms with Gasteiger partial charge in [-0.2, -0.15) is 5.10 Å². The second-order valence-corrected chi connectivity index (χ2v) is 2.90. The number of rotatable bonds is 3. The van der Waals surface area contributed by atoms with Crippen LogP contribution in [0, 0.1) is 0 Å². The third-order valence-electron chi connectivity index (χ3n) is 1.91. The number of fused-ring (bicyclic) bond motifs is 1. The molecule has 0 aliphatic carbocycles. The molecule has 0 saturated heterocycles. The van der Waals surface area contributed by atoms with E-state index in [0.717, 1.165) is 23.9 Å². The lowest BCUT2D eigenvalue weighted by Gasteiger charge is -1.94. The SMILES string of the molecule is C=CCCn1cc2cnccc2n1. The van der Waals surface area contributed by atoms with Gasteiger partial charge < -0.3 is 0 Å². The fourth-order valence-corrected chi connectivity index (χ4v) is 1.26. The lowest BCUT2D eigenvalue weighted by atomic mass is 10.3. The van der Waals surface area contributed by atoms with Crippen molar-refractivity contribution >= 4 is 10.9 Å². The molecule has 0 radical (unpaired) electrons. The van der Waals surface area contributed by atoms with E-state index in [1.54, 1.807) is 6.20 Å². The molecule has 0 aromatic carbocycles. The van der Waals surface area contributed by atoms with Gasteiger partial charge in [0, 0.05) is 30.5 Å². The van der Waals surface area contributed by atoms with Crippen molar-refractivity contribution in [2.24, 2.45) is 0 Å². The third-order valence-corrected chi connectivity index (χ3v) is 1.91. The Hall–Kier alpha value is -1.64. The molecule has 0 saturated carbocycles. The zero-order valence-electron chi connectivity index (χ0n) is 7.35. The Kier molecular flexibility index (Phi) is 2.08. The molecule has 0 amide bonds. The fourth-order valence-electron chi connectivity index (χ4n) is 1.26. The van der Waals surface area contributed by atoms with Gasteiger partial charge in [0.15, 0.2) is 0 Å². The van der Waals surface area contributed by atoms with E-state index in [4.69, 9.17) is 0 Å². The minimum atomic E-state index is 0.887. The molecule has 0 atom stereocenters. The van der Waals surface area contributed by atoms with Crippen LogP contribution in [0.3, 0.4) is 0 Å². The largest absolute Gasteiger partial charge is 0.271 e. The maximum absolute atomic E-state index is 4.38. The molecule has 66 valence electrons. The molecule has 0 fully saturated rings. The van der Waals surface area contributed by atoms with Crippen LogP contribution < -0.4 is 0 Å². The van der Waals surface area contributed by atoms with Crippen LogP contribution in [0.5, 0.6) is 0 Å². The van der Waals surface area contributed by atoms with E-state index in [1.807, 2.05) is 29.2 Å². The zero-order chi connectivity index (χ0) is 9.10. The number of hydrogen-bond acceptors (Lipinski definition) is 2. The van der Waals surface area contributed by atoms with Gasteiger partial charge in [0.2, 0.25) is 0 Å². The lowest BCUT2D eigenvalue weighted by molar-refractivity contribution is 0.631. The van der Waals surface area contributed by atoms with E-state index >= 15 is 0 Å². The first-order chi connectivity index (χ1) is 6.40. The molecule has 3 nitrogen and oxygen atoms in total. The number of hydrogen-bond donors (Lipinski definition) is 0. The van der Waals surface area contributed by atoms with E-state index in [1.165, 1.54) is 0 Å². The first kappa shape index (κ1) is 7.98. The number of aromatic nitrogens is 3. The first-order valence-corrected chi connectivity index (χ1v) is 4.28. The third kappa shape index (κ3) is 1.59. The topological polar surface area (TPSA) is 30.7 Å². The van der Waals surface area contributed by atoms with Crippen molar-refractivity contribution in [3.63, 3.8) is 0 Å². The fraction of sp³-hybridized carbons (Fsp3) is 0.200. The Bertz CT molecular complexity index is 384. The average molecular weight is 173 g/mol. The van der Waals surface area contributed by atoms with Gasteiger partial charge in [0.1, 0.15) is 0 Å². The Morgan fingerprint density at radius 3 is 3.23 bits per heavy atom. The molecule has 2 rings (SSSR count). The lowest BCUT2D eigenvalue weighted by Crippen LogP contribution is -1.96. The van der Waals surface area contributed by atoms with Crippen LogP contribution in [0.1, 0.15) is 6.42 Å². The summed E-state index contributed by atoms with van der Waals surface area (Å²) in [6.45, 7) is 4.56. The molecule has 0 aliphatic rings. The first-order valence-electron chi connectivity index (χ1n) is 4.28. The van der Waals surface area contributed by atoms with E-state index in [2.05, 4.69) is 16.7 Å². The summed E-state index contributed by atoms with van der Waals surface area (Å²) in [7, 11) is 0. The molecule has 2 aromatic heterocycles. The van der Waals surface area contributed by atoms with Crippen LogP contribution >= 0.6 is 0 Å². The Morgan fingerprint density at radius 1 is 1.54 bits per heavy atom. The van der Waals surface area contributed by atoms with E-state index < -0.39 is 0 Å². The molecular formula is C10H11N3. The summed E-state index contributed by atoms with van der Waals surface area (Å²) in [6, 6.07) is 1.92. The second-order valence-electron chi connectivity index (χ2n) is 2.90.